The van der Waals surface area contributed by atoms with E-state index in [1.165, 1.54) is 0 Å². The van der Waals surface area contributed by atoms with E-state index < -0.39 is 0 Å². The fraction of sp³-hybridized carbons (Fsp3) is 0.429. The van der Waals surface area contributed by atoms with Gasteiger partial charge in [0.25, 0.3) is 5.91 Å². The normalized spacial score (nSPS) is 22.2. The number of imidazole rings is 1. The van der Waals surface area contributed by atoms with E-state index in [2.05, 4.69) is 15.3 Å². The molecule has 2 aromatic rings. The van der Waals surface area contributed by atoms with Crippen LogP contribution in [0.15, 0.2) is 24.5 Å². The van der Waals surface area contributed by atoms with Crippen LogP contribution in [0.2, 0.25) is 0 Å². The lowest BCUT2D eigenvalue weighted by Crippen LogP contribution is -2.47. The summed E-state index contributed by atoms with van der Waals surface area (Å²) in [5, 5.41) is 3.02. The molecular formula is C14H17N3O2. The van der Waals surface area contributed by atoms with Crippen LogP contribution in [-0.4, -0.2) is 34.6 Å². The van der Waals surface area contributed by atoms with E-state index in [1.54, 1.807) is 12.4 Å². The third-order valence-electron chi connectivity index (χ3n) is 3.51. The molecule has 0 saturated heterocycles. The lowest BCUT2D eigenvalue weighted by molar-refractivity contribution is -0.00862. The first-order chi connectivity index (χ1) is 9.26. The molecule has 0 radical (unpaired) electrons. The Kier molecular flexibility index (Phi) is 3.21. The fourth-order valence-electron chi connectivity index (χ4n) is 2.40. The third kappa shape index (κ3) is 2.46. The van der Waals surface area contributed by atoms with Gasteiger partial charge in [0.05, 0.1) is 23.5 Å². The van der Waals surface area contributed by atoms with Gasteiger partial charge in [-0.2, -0.15) is 0 Å². The van der Waals surface area contributed by atoms with Gasteiger partial charge < -0.3 is 15.0 Å². The van der Waals surface area contributed by atoms with Crippen molar-refractivity contribution >= 4 is 16.9 Å². The van der Waals surface area contributed by atoms with Crippen molar-refractivity contribution in [3.05, 3.63) is 30.1 Å². The Morgan fingerprint density at radius 2 is 2.37 bits per heavy atom. The largest absolute Gasteiger partial charge is 0.378 e. The van der Waals surface area contributed by atoms with Crippen LogP contribution in [0.5, 0.6) is 0 Å². The van der Waals surface area contributed by atoms with Crippen LogP contribution in [0.1, 0.15) is 30.1 Å². The third-order valence-corrected chi connectivity index (χ3v) is 3.51. The van der Waals surface area contributed by atoms with Crippen molar-refractivity contribution in [2.45, 2.75) is 31.9 Å². The van der Waals surface area contributed by atoms with Gasteiger partial charge in [0.2, 0.25) is 0 Å². The van der Waals surface area contributed by atoms with Crippen molar-refractivity contribution in [3.63, 3.8) is 0 Å². The average Bonchev–Trinajstić information content (AvgIpc) is 2.83. The quantitative estimate of drug-likeness (QED) is 0.880. The summed E-state index contributed by atoms with van der Waals surface area (Å²) < 4.78 is 5.48. The predicted molar refractivity (Wildman–Crippen MR) is 72.0 cm³/mol. The molecule has 5 nitrogen and oxygen atoms in total. The molecule has 0 bridgehead atoms. The summed E-state index contributed by atoms with van der Waals surface area (Å²) in [6.07, 6.45) is 3.76. The summed E-state index contributed by atoms with van der Waals surface area (Å²) in [6, 6.07) is 5.72. The van der Waals surface area contributed by atoms with Gasteiger partial charge in [-0.15, -0.1) is 0 Å². The molecule has 0 unspecified atom stereocenters. The first kappa shape index (κ1) is 12.2. The van der Waals surface area contributed by atoms with E-state index in [4.69, 9.17) is 4.74 Å². The molecule has 1 fully saturated rings. The smallest absolute Gasteiger partial charge is 0.251 e. The van der Waals surface area contributed by atoms with Crippen LogP contribution in [0.3, 0.4) is 0 Å². The number of carbonyl (C=O) groups excluding carboxylic acids is 1. The van der Waals surface area contributed by atoms with Crippen LogP contribution in [-0.2, 0) is 4.74 Å². The van der Waals surface area contributed by atoms with Crippen LogP contribution in [0, 0.1) is 0 Å². The molecule has 5 heteroatoms. The molecule has 1 aliphatic carbocycles. The van der Waals surface area contributed by atoms with Gasteiger partial charge >= 0.3 is 0 Å². The number of H-pyrrole nitrogens is 1. The lowest BCUT2D eigenvalue weighted by Gasteiger charge is -2.35. The second-order valence-electron chi connectivity index (χ2n) is 4.85. The molecule has 19 heavy (non-hydrogen) atoms. The van der Waals surface area contributed by atoms with Gasteiger partial charge in [-0.25, -0.2) is 4.98 Å². The second-order valence-corrected chi connectivity index (χ2v) is 4.85. The highest BCUT2D eigenvalue weighted by Crippen LogP contribution is 2.23. The monoisotopic (exact) mass is 259 g/mol. The van der Waals surface area contributed by atoms with Gasteiger partial charge in [0.1, 0.15) is 0 Å². The van der Waals surface area contributed by atoms with Gasteiger partial charge in [-0.1, -0.05) is 0 Å². The van der Waals surface area contributed by atoms with E-state index in [0.717, 1.165) is 30.5 Å². The molecule has 100 valence electrons. The standard InChI is InChI=1S/C14H17N3O2/c1-2-19-11-6-10(7-11)17-14(18)9-3-4-12-13(5-9)16-8-15-12/h3-5,8,10-11H,2,6-7H2,1H3,(H,15,16)(H,17,18). The van der Waals surface area contributed by atoms with Crippen LogP contribution in [0.25, 0.3) is 11.0 Å². The van der Waals surface area contributed by atoms with Crippen molar-refractivity contribution in [1.29, 1.82) is 0 Å². The molecule has 1 aliphatic rings. The molecule has 1 amide bonds. The number of rotatable bonds is 4. The number of fused-ring (bicyclic) bond motifs is 1. The predicted octanol–water partition coefficient (Wildman–Crippen LogP) is 1.86. The zero-order valence-electron chi connectivity index (χ0n) is 10.8. The molecule has 1 heterocycles. The van der Waals surface area contributed by atoms with Gasteiger partial charge in [0, 0.05) is 18.2 Å². The number of nitrogens with one attached hydrogen (secondary N) is 2. The minimum absolute atomic E-state index is 0.0311. The van der Waals surface area contributed by atoms with Crippen LogP contribution in [0.4, 0.5) is 0 Å². The molecule has 0 aliphatic heterocycles. The Morgan fingerprint density at radius 1 is 1.53 bits per heavy atom. The molecule has 0 atom stereocenters. The molecule has 1 aromatic carbocycles. The van der Waals surface area contributed by atoms with Gasteiger partial charge in [-0.05, 0) is 38.0 Å². The Hall–Kier alpha value is -1.88. The minimum atomic E-state index is -0.0311. The number of aromatic amines is 1. The molecule has 1 aromatic heterocycles. The molecule has 0 spiro atoms. The Bertz CT molecular complexity index is 587. The molecule has 3 rings (SSSR count). The van der Waals surface area contributed by atoms with Crippen LogP contribution >= 0.6 is 0 Å². The Balaban J connectivity index is 1.61. The summed E-state index contributed by atoms with van der Waals surface area (Å²) in [6.45, 7) is 2.73. The average molecular weight is 259 g/mol. The number of ether oxygens (including phenoxy) is 1. The van der Waals surface area contributed by atoms with E-state index in [0.29, 0.717) is 11.7 Å². The molecule has 1 saturated carbocycles. The van der Waals surface area contributed by atoms with Crippen molar-refractivity contribution in [2.75, 3.05) is 6.61 Å². The highest BCUT2D eigenvalue weighted by Gasteiger charge is 2.30. The highest BCUT2D eigenvalue weighted by atomic mass is 16.5. The fourth-order valence-corrected chi connectivity index (χ4v) is 2.40. The number of amides is 1. The minimum Gasteiger partial charge on any atom is -0.378 e. The SMILES string of the molecule is CCOC1CC(NC(=O)c2ccc3nc[nH]c3c2)C1. The zero-order chi connectivity index (χ0) is 13.2. The summed E-state index contributed by atoms with van der Waals surface area (Å²) in [4.78, 5) is 19.2. The number of aromatic nitrogens is 2. The summed E-state index contributed by atoms with van der Waals surface area (Å²) in [7, 11) is 0. The van der Waals surface area contributed by atoms with E-state index in [1.807, 2.05) is 19.1 Å². The number of nitrogens with zero attached hydrogens (tertiary/aromatic N) is 1. The van der Waals surface area contributed by atoms with Gasteiger partial charge in [0.15, 0.2) is 0 Å². The Labute approximate surface area is 111 Å². The van der Waals surface area contributed by atoms with E-state index >= 15 is 0 Å². The van der Waals surface area contributed by atoms with E-state index in [-0.39, 0.29) is 11.9 Å². The summed E-state index contributed by atoms with van der Waals surface area (Å²) >= 11 is 0. The van der Waals surface area contributed by atoms with Gasteiger partial charge in [-0.3, -0.25) is 4.79 Å². The summed E-state index contributed by atoms with van der Waals surface area (Å²) in [5.74, 6) is -0.0311. The van der Waals surface area contributed by atoms with Crippen LogP contribution < -0.4 is 5.32 Å². The zero-order valence-corrected chi connectivity index (χ0v) is 10.8. The second kappa shape index (κ2) is 5.01. The molecular weight excluding hydrogens is 242 g/mol. The Morgan fingerprint density at radius 3 is 3.16 bits per heavy atom. The first-order valence-electron chi connectivity index (χ1n) is 6.62. The first-order valence-corrected chi connectivity index (χ1v) is 6.62. The maximum absolute atomic E-state index is 12.1. The number of carbonyl (C=O) groups is 1. The molecule has 2 N–H and O–H groups in total. The highest BCUT2D eigenvalue weighted by molar-refractivity contribution is 5.97. The van der Waals surface area contributed by atoms with E-state index in [9.17, 15) is 4.79 Å². The number of hydrogen-bond acceptors (Lipinski definition) is 3. The van der Waals surface area contributed by atoms with Crippen molar-refractivity contribution < 1.29 is 9.53 Å². The maximum atomic E-state index is 12.1. The maximum Gasteiger partial charge on any atom is 0.251 e. The lowest BCUT2D eigenvalue weighted by atomic mass is 9.89. The number of benzene rings is 1. The van der Waals surface area contributed by atoms with Crippen molar-refractivity contribution in [2.24, 2.45) is 0 Å². The topological polar surface area (TPSA) is 67.0 Å². The summed E-state index contributed by atoms with van der Waals surface area (Å²) in [5.41, 5.74) is 2.42. The van der Waals surface area contributed by atoms with Crippen molar-refractivity contribution in [1.82, 2.24) is 15.3 Å². The van der Waals surface area contributed by atoms with Crippen molar-refractivity contribution in [3.8, 4) is 0 Å². The number of hydrogen-bond donors (Lipinski definition) is 2.